The van der Waals surface area contributed by atoms with Gasteiger partial charge in [-0.3, -0.25) is 0 Å². The Labute approximate surface area is 79.4 Å². The molecule has 0 amide bonds. The predicted octanol–water partition coefficient (Wildman–Crippen LogP) is 0.669. The van der Waals surface area contributed by atoms with Gasteiger partial charge in [-0.1, -0.05) is 0 Å². The number of rotatable bonds is 1. The SMILES string of the molecule is CC1(O)CC[C@@H](C(C)(C)O)CC1O. The second kappa shape index (κ2) is 3.23. The van der Waals surface area contributed by atoms with Crippen LogP contribution in [0.25, 0.3) is 0 Å². The topological polar surface area (TPSA) is 60.7 Å². The molecule has 0 aromatic carbocycles. The van der Waals surface area contributed by atoms with Crippen LogP contribution in [-0.2, 0) is 0 Å². The third-order valence-corrected chi connectivity index (χ3v) is 3.22. The summed E-state index contributed by atoms with van der Waals surface area (Å²) in [5, 5.41) is 29.0. The fourth-order valence-corrected chi connectivity index (χ4v) is 1.92. The maximum absolute atomic E-state index is 9.74. The van der Waals surface area contributed by atoms with Crippen molar-refractivity contribution in [1.29, 1.82) is 0 Å². The first-order valence-electron chi connectivity index (χ1n) is 4.86. The van der Waals surface area contributed by atoms with Gasteiger partial charge in [-0.2, -0.15) is 0 Å². The lowest BCUT2D eigenvalue weighted by atomic mass is 9.72. The minimum absolute atomic E-state index is 0.0859. The van der Waals surface area contributed by atoms with Gasteiger partial charge in [0, 0.05) is 0 Å². The van der Waals surface area contributed by atoms with Crippen LogP contribution in [0.2, 0.25) is 0 Å². The van der Waals surface area contributed by atoms with Gasteiger partial charge in [-0.25, -0.2) is 0 Å². The van der Waals surface area contributed by atoms with E-state index in [0.717, 1.165) is 6.42 Å². The lowest BCUT2D eigenvalue weighted by Gasteiger charge is -2.42. The Morgan fingerprint density at radius 2 is 1.92 bits per heavy atom. The molecule has 0 saturated heterocycles. The van der Waals surface area contributed by atoms with E-state index < -0.39 is 17.3 Å². The lowest BCUT2D eigenvalue weighted by molar-refractivity contribution is -0.126. The normalized spacial score (nSPS) is 42.0. The molecule has 78 valence electrons. The molecular weight excluding hydrogens is 168 g/mol. The van der Waals surface area contributed by atoms with E-state index in [1.807, 2.05) is 0 Å². The monoisotopic (exact) mass is 188 g/mol. The fourth-order valence-electron chi connectivity index (χ4n) is 1.92. The molecule has 1 saturated carbocycles. The van der Waals surface area contributed by atoms with Crippen molar-refractivity contribution in [3.8, 4) is 0 Å². The summed E-state index contributed by atoms with van der Waals surface area (Å²) >= 11 is 0. The van der Waals surface area contributed by atoms with E-state index in [1.54, 1.807) is 20.8 Å². The zero-order valence-corrected chi connectivity index (χ0v) is 8.62. The van der Waals surface area contributed by atoms with E-state index in [-0.39, 0.29) is 5.92 Å². The Hall–Kier alpha value is -0.120. The summed E-state index contributed by atoms with van der Waals surface area (Å²) in [5.74, 6) is 0.0859. The maximum Gasteiger partial charge on any atom is 0.0877 e. The Kier molecular flexibility index (Phi) is 2.72. The Balaban J connectivity index is 2.61. The van der Waals surface area contributed by atoms with Crippen LogP contribution in [0, 0.1) is 5.92 Å². The maximum atomic E-state index is 9.74. The van der Waals surface area contributed by atoms with Crippen molar-refractivity contribution in [3.63, 3.8) is 0 Å². The van der Waals surface area contributed by atoms with Crippen LogP contribution in [0.4, 0.5) is 0 Å². The smallest absolute Gasteiger partial charge is 0.0877 e. The minimum Gasteiger partial charge on any atom is -0.390 e. The molecule has 3 atom stereocenters. The van der Waals surface area contributed by atoms with Gasteiger partial charge in [0.25, 0.3) is 0 Å². The van der Waals surface area contributed by atoms with Crippen LogP contribution in [0.1, 0.15) is 40.0 Å². The highest BCUT2D eigenvalue weighted by Gasteiger charge is 2.41. The summed E-state index contributed by atoms with van der Waals surface area (Å²) in [6.07, 6.45) is 1.10. The summed E-state index contributed by atoms with van der Waals surface area (Å²) in [7, 11) is 0. The molecule has 0 aromatic rings. The van der Waals surface area contributed by atoms with Gasteiger partial charge >= 0.3 is 0 Å². The number of hydrogen-bond acceptors (Lipinski definition) is 3. The van der Waals surface area contributed by atoms with Crippen LogP contribution in [-0.4, -0.2) is 32.6 Å². The zero-order chi connectivity index (χ0) is 10.3. The van der Waals surface area contributed by atoms with Crippen molar-refractivity contribution < 1.29 is 15.3 Å². The Bertz CT molecular complexity index is 181. The van der Waals surface area contributed by atoms with Crippen LogP contribution in [0.5, 0.6) is 0 Å². The van der Waals surface area contributed by atoms with E-state index in [1.165, 1.54) is 0 Å². The quantitative estimate of drug-likeness (QED) is 0.567. The molecule has 1 aliphatic rings. The summed E-state index contributed by atoms with van der Waals surface area (Å²) in [4.78, 5) is 0. The highest BCUT2D eigenvalue weighted by molar-refractivity contribution is 4.93. The largest absolute Gasteiger partial charge is 0.390 e. The second-order valence-electron chi connectivity index (χ2n) is 5.00. The molecule has 0 aromatic heterocycles. The number of hydrogen-bond donors (Lipinski definition) is 3. The molecule has 0 bridgehead atoms. The molecule has 0 heterocycles. The van der Waals surface area contributed by atoms with Crippen molar-refractivity contribution in [2.45, 2.75) is 57.3 Å². The molecule has 3 nitrogen and oxygen atoms in total. The molecule has 1 aliphatic carbocycles. The molecule has 0 radical (unpaired) electrons. The zero-order valence-electron chi connectivity index (χ0n) is 8.62. The third kappa shape index (κ3) is 2.42. The fraction of sp³-hybridized carbons (Fsp3) is 1.00. The van der Waals surface area contributed by atoms with Crippen LogP contribution >= 0.6 is 0 Å². The van der Waals surface area contributed by atoms with Crippen molar-refractivity contribution in [2.24, 2.45) is 5.92 Å². The number of aliphatic hydroxyl groups is 3. The van der Waals surface area contributed by atoms with Gasteiger partial charge < -0.3 is 15.3 Å². The van der Waals surface area contributed by atoms with E-state index in [0.29, 0.717) is 12.8 Å². The molecule has 0 spiro atoms. The molecule has 0 aliphatic heterocycles. The predicted molar refractivity (Wildman–Crippen MR) is 50.3 cm³/mol. The first-order chi connectivity index (χ1) is 5.73. The van der Waals surface area contributed by atoms with Gasteiger partial charge in [0.1, 0.15) is 0 Å². The lowest BCUT2D eigenvalue weighted by Crippen LogP contribution is -2.48. The van der Waals surface area contributed by atoms with E-state index in [9.17, 15) is 15.3 Å². The van der Waals surface area contributed by atoms with Crippen LogP contribution < -0.4 is 0 Å². The molecule has 3 N–H and O–H groups in total. The molecule has 3 heteroatoms. The molecule has 1 rings (SSSR count). The average Bonchev–Trinajstić information content (AvgIpc) is 1.92. The summed E-state index contributed by atoms with van der Waals surface area (Å²) in [6, 6.07) is 0. The van der Waals surface area contributed by atoms with Gasteiger partial charge in [0.15, 0.2) is 0 Å². The standard InChI is InChI=1S/C10H20O3/c1-9(2,12)7-4-5-10(3,13)8(11)6-7/h7-8,11-13H,4-6H2,1-3H3/t7-,8?,10?/m1/s1. The van der Waals surface area contributed by atoms with Crippen LogP contribution in [0.3, 0.4) is 0 Å². The second-order valence-corrected chi connectivity index (χ2v) is 5.00. The van der Waals surface area contributed by atoms with Crippen molar-refractivity contribution in [2.75, 3.05) is 0 Å². The molecule has 13 heavy (non-hydrogen) atoms. The Morgan fingerprint density at radius 1 is 1.38 bits per heavy atom. The summed E-state index contributed by atoms with van der Waals surface area (Å²) in [5.41, 5.74) is -1.72. The van der Waals surface area contributed by atoms with Gasteiger partial charge in [-0.15, -0.1) is 0 Å². The van der Waals surface area contributed by atoms with Gasteiger partial charge in [0.2, 0.25) is 0 Å². The van der Waals surface area contributed by atoms with Crippen molar-refractivity contribution in [3.05, 3.63) is 0 Å². The van der Waals surface area contributed by atoms with Crippen LogP contribution in [0.15, 0.2) is 0 Å². The molecular formula is C10H20O3. The molecule has 1 fully saturated rings. The van der Waals surface area contributed by atoms with Gasteiger partial charge in [-0.05, 0) is 46.0 Å². The minimum atomic E-state index is -0.970. The summed E-state index contributed by atoms with van der Waals surface area (Å²) < 4.78 is 0. The Morgan fingerprint density at radius 3 is 2.31 bits per heavy atom. The van der Waals surface area contributed by atoms with E-state index >= 15 is 0 Å². The average molecular weight is 188 g/mol. The number of aliphatic hydroxyl groups excluding tert-OH is 1. The van der Waals surface area contributed by atoms with E-state index in [4.69, 9.17) is 0 Å². The highest BCUT2D eigenvalue weighted by atomic mass is 16.3. The first kappa shape index (κ1) is 11.0. The summed E-state index contributed by atoms with van der Waals surface area (Å²) in [6.45, 7) is 5.16. The van der Waals surface area contributed by atoms with Gasteiger partial charge in [0.05, 0.1) is 17.3 Å². The van der Waals surface area contributed by atoms with E-state index in [2.05, 4.69) is 0 Å². The first-order valence-corrected chi connectivity index (χ1v) is 4.86. The third-order valence-electron chi connectivity index (χ3n) is 3.22. The highest BCUT2D eigenvalue weighted by Crippen LogP contribution is 2.37. The van der Waals surface area contributed by atoms with Crippen molar-refractivity contribution >= 4 is 0 Å². The molecule has 2 unspecified atom stereocenters. The van der Waals surface area contributed by atoms with Crippen molar-refractivity contribution in [1.82, 2.24) is 0 Å².